The Labute approximate surface area is 186 Å². The number of nitrogens with one attached hydrogen (secondary N) is 1. The number of nitrogens with zero attached hydrogens (tertiary/aromatic N) is 5. The van der Waals surface area contributed by atoms with Crippen LogP contribution in [0.15, 0.2) is 58.3 Å². The van der Waals surface area contributed by atoms with Gasteiger partial charge in [-0.25, -0.2) is 21.5 Å². The van der Waals surface area contributed by atoms with Gasteiger partial charge in [-0.3, -0.25) is 4.72 Å². The van der Waals surface area contributed by atoms with Crippen LogP contribution in [0, 0.1) is 0 Å². The topological polar surface area (TPSA) is 127 Å². The van der Waals surface area contributed by atoms with Crippen molar-refractivity contribution in [3.63, 3.8) is 0 Å². The summed E-state index contributed by atoms with van der Waals surface area (Å²) in [5.74, 6) is 0.588. The highest BCUT2D eigenvalue weighted by Crippen LogP contribution is 2.37. The van der Waals surface area contributed by atoms with Crippen molar-refractivity contribution in [1.82, 2.24) is 24.5 Å². The molecule has 168 valence electrons. The molecule has 10 nitrogen and oxygen atoms in total. The molecule has 2 heterocycles. The molecular weight excluding hydrogens is 452 g/mol. The molecule has 3 aromatic rings. The molecule has 0 atom stereocenters. The van der Waals surface area contributed by atoms with Gasteiger partial charge in [0.1, 0.15) is 0 Å². The van der Waals surface area contributed by atoms with Gasteiger partial charge in [0.05, 0.1) is 15.8 Å². The van der Waals surface area contributed by atoms with E-state index >= 15 is 0 Å². The summed E-state index contributed by atoms with van der Waals surface area (Å²) < 4.78 is 56.8. The van der Waals surface area contributed by atoms with Gasteiger partial charge < -0.3 is 0 Å². The monoisotopic (exact) mass is 474 g/mol. The van der Waals surface area contributed by atoms with Crippen LogP contribution < -0.4 is 4.72 Å². The molecule has 2 aliphatic rings. The predicted molar refractivity (Wildman–Crippen MR) is 117 cm³/mol. The number of tetrazole rings is 1. The molecule has 1 saturated carbocycles. The van der Waals surface area contributed by atoms with E-state index in [-0.39, 0.29) is 15.8 Å². The van der Waals surface area contributed by atoms with Gasteiger partial charge in [-0.05, 0) is 72.5 Å². The fraction of sp³-hybridized carbons (Fsp3) is 0.350. The minimum absolute atomic E-state index is 0.0221. The summed E-state index contributed by atoms with van der Waals surface area (Å²) in [6, 6.07) is 12.4. The Kier molecular flexibility index (Phi) is 5.22. The number of benzene rings is 2. The molecular formula is C20H22N6O4S2. The van der Waals surface area contributed by atoms with E-state index in [9.17, 15) is 16.8 Å². The van der Waals surface area contributed by atoms with Crippen molar-refractivity contribution < 1.29 is 16.8 Å². The molecule has 1 aromatic heterocycles. The van der Waals surface area contributed by atoms with Crippen LogP contribution in [-0.2, 0) is 20.0 Å². The second-order valence-corrected chi connectivity index (χ2v) is 11.6. The third-order valence-corrected chi connectivity index (χ3v) is 8.91. The van der Waals surface area contributed by atoms with Gasteiger partial charge in [-0.15, -0.1) is 5.10 Å². The maximum atomic E-state index is 12.9. The molecule has 2 aromatic carbocycles. The lowest BCUT2D eigenvalue weighted by Crippen LogP contribution is -2.27. The molecule has 1 saturated heterocycles. The van der Waals surface area contributed by atoms with E-state index in [1.807, 2.05) is 6.07 Å². The first-order valence-electron chi connectivity index (χ1n) is 10.4. The lowest BCUT2D eigenvalue weighted by Gasteiger charge is -2.16. The van der Waals surface area contributed by atoms with Gasteiger partial charge in [0.25, 0.3) is 10.0 Å². The summed E-state index contributed by atoms with van der Waals surface area (Å²) in [6.07, 6.45) is 3.71. The summed E-state index contributed by atoms with van der Waals surface area (Å²) >= 11 is 0. The van der Waals surface area contributed by atoms with Gasteiger partial charge in [-0.2, -0.15) is 4.31 Å². The fourth-order valence-corrected chi connectivity index (χ4v) is 6.32. The van der Waals surface area contributed by atoms with Crippen molar-refractivity contribution in [2.24, 2.45) is 0 Å². The molecule has 1 N–H and O–H groups in total. The number of aromatic nitrogens is 4. The Morgan fingerprint density at radius 3 is 2.28 bits per heavy atom. The highest BCUT2D eigenvalue weighted by atomic mass is 32.2. The summed E-state index contributed by atoms with van der Waals surface area (Å²) in [4.78, 5) is 0.0679. The largest absolute Gasteiger partial charge is 0.280 e. The van der Waals surface area contributed by atoms with E-state index in [4.69, 9.17) is 0 Å². The Balaban J connectivity index is 1.37. The average molecular weight is 475 g/mol. The molecule has 0 amide bonds. The molecule has 1 aliphatic heterocycles. The second kappa shape index (κ2) is 7.94. The predicted octanol–water partition coefficient (Wildman–Crippen LogP) is 2.26. The van der Waals surface area contributed by atoms with Crippen LogP contribution in [0.3, 0.4) is 0 Å². The Bertz CT molecular complexity index is 1340. The number of rotatable bonds is 7. The zero-order chi connectivity index (χ0) is 22.3. The number of hydrogen-bond donors (Lipinski definition) is 1. The van der Waals surface area contributed by atoms with Crippen molar-refractivity contribution in [2.45, 2.75) is 41.5 Å². The van der Waals surface area contributed by atoms with Crippen molar-refractivity contribution in [2.75, 3.05) is 17.8 Å². The van der Waals surface area contributed by atoms with Gasteiger partial charge in [0.15, 0.2) is 5.82 Å². The molecule has 2 fully saturated rings. The van der Waals surface area contributed by atoms with E-state index in [1.54, 1.807) is 22.9 Å². The highest BCUT2D eigenvalue weighted by molar-refractivity contribution is 7.92. The lowest BCUT2D eigenvalue weighted by molar-refractivity contribution is 0.477. The number of hydrogen-bond acceptors (Lipinski definition) is 7. The maximum absolute atomic E-state index is 12.9. The van der Waals surface area contributed by atoms with E-state index in [2.05, 4.69) is 20.2 Å². The molecule has 1 aliphatic carbocycles. The quantitative estimate of drug-likeness (QED) is 0.556. The minimum atomic E-state index is -3.91. The summed E-state index contributed by atoms with van der Waals surface area (Å²) in [7, 11) is -7.51. The van der Waals surface area contributed by atoms with Crippen LogP contribution in [0.25, 0.3) is 11.4 Å². The normalized spacial score (nSPS) is 17.5. The van der Waals surface area contributed by atoms with Gasteiger partial charge in [0, 0.05) is 24.3 Å². The molecule has 0 bridgehead atoms. The number of sulfonamides is 2. The van der Waals surface area contributed by atoms with E-state index < -0.39 is 20.0 Å². The lowest BCUT2D eigenvalue weighted by atomic mass is 10.2. The van der Waals surface area contributed by atoms with Gasteiger partial charge >= 0.3 is 0 Å². The van der Waals surface area contributed by atoms with Crippen LogP contribution in [0.1, 0.15) is 31.7 Å². The van der Waals surface area contributed by atoms with Crippen LogP contribution in [0.4, 0.5) is 5.69 Å². The van der Waals surface area contributed by atoms with Crippen molar-refractivity contribution >= 4 is 25.7 Å². The second-order valence-electron chi connectivity index (χ2n) is 7.95. The SMILES string of the molecule is O=S(=O)(Nc1cccc(-c2nnnn2C2CC2)c1)c1ccc(S(=O)(=O)N2CCCC2)cc1. The van der Waals surface area contributed by atoms with E-state index in [0.717, 1.165) is 25.7 Å². The Morgan fingerprint density at radius 1 is 0.906 bits per heavy atom. The zero-order valence-corrected chi connectivity index (χ0v) is 18.8. The van der Waals surface area contributed by atoms with Gasteiger partial charge in [0.2, 0.25) is 10.0 Å². The van der Waals surface area contributed by atoms with Crippen LogP contribution in [-0.4, -0.2) is 54.4 Å². The van der Waals surface area contributed by atoms with Gasteiger partial charge in [-0.1, -0.05) is 12.1 Å². The Hall–Kier alpha value is -2.83. The van der Waals surface area contributed by atoms with Crippen LogP contribution in [0.2, 0.25) is 0 Å². The van der Waals surface area contributed by atoms with E-state index in [0.29, 0.717) is 30.2 Å². The Morgan fingerprint density at radius 2 is 1.59 bits per heavy atom. The number of anilines is 1. The molecule has 12 heteroatoms. The van der Waals surface area contributed by atoms with Crippen molar-refractivity contribution in [3.8, 4) is 11.4 Å². The van der Waals surface area contributed by atoms with Crippen molar-refractivity contribution in [1.29, 1.82) is 0 Å². The summed E-state index contributed by atoms with van der Waals surface area (Å²) in [5, 5.41) is 11.8. The molecule has 5 rings (SSSR count). The van der Waals surface area contributed by atoms with E-state index in [1.165, 1.54) is 28.6 Å². The first-order valence-corrected chi connectivity index (χ1v) is 13.3. The zero-order valence-electron chi connectivity index (χ0n) is 17.1. The highest BCUT2D eigenvalue weighted by Gasteiger charge is 2.29. The smallest absolute Gasteiger partial charge is 0.261 e. The molecule has 0 radical (unpaired) electrons. The third-order valence-electron chi connectivity index (χ3n) is 5.60. The van der Waals surface area contributed by atoms with Crippen LogP contribution >= 0.6 is 0 Å². The van der Waals surface area contributed by atoms with Crippen molar-refractivity contribution in [3.05, 3.63) is 48.5 Å². The minimum Gasteiger partial charge on any atom is -0.280 e. The standard InChI is InChI=1S/C20H22N6O4S2/c27-31(28,18-8-10-19(11-9-18)32(29,30)25-12-1-2-13-25)22-16-5-3-4-15(14-16)20-21-23-24-26(20)17-6-7-17/h3-5,8-11,14,17,22H,1-2,6-7,12-13H2. The maximum Gasteiger partial charge on any atom is 0.261 e. The first kappa shape index (κ1) is 21.0. The first-order chi connectivity index (χ1) is 15.3. The molecule has 0 spiro atoms. The molecule has 0 unspecified atom stereocenters. The van der Waals surface area contributed by atoms with Crippen LogP contribution in [0.5, 0.6) is 0 Å². The third kappa shape index (κ3) is 4.00. The fourth-order valence-electron chi connectivity index (χ4n) is 3.75. The summed E-state index contributed by atoms with van der Waals surface area (Å²) in [5.41, 5.74) is 1.07. The average Bonchev–Trinajstić information content (AvgIpc) is 3.26. The molecule has 32 heavy (non-hydrogen) atoms. The summed E-state index contributed by atoms with van der Waals surface area (Å²) in [6.45, 7) is 0.981.